The summed E-state index contributed by atoms with van der Waals surface area (Å²) in [6.07, 6.45) is 17.9. The standard InChI is InChI=1S/C44H77NO4Si2/c1-16-45(17-2)40(47)44(27-28-44)39(46)25-20-31(3)36-23-24-37-33(19-18-26-43(36,37)11)21-22-34-29-35(48-50(12,13)41(5,6)7)30-38(32(34)4)49-51(14,15)42(8,9)10/h20-22,25,31,35-39,46H,4,16-19,23-24,26-30H2,1-3,5-15H3/t31-,35-,36-,37+,38+,39-,43-/m1/s1. The Labute approximate surface area is 316 Å². The van der Waals surface area contributed by atoms with Crippen molar-refractivity contribution in [1.82, 2.24) is 4.90 Å². The number of hydrogen-bond acceptors (Lipinski definition) is 4. The molecule has 290 valence electrons. The molecule has 4 saturated carbocycles. The van der Waals surface area contributed by atoms with E-state index in [9.17, 15) is 9.90 Å². The Morgan fingerprint density at radius 3 is 2.10 bits per heavy atom. The van der Waals surface area contributed by atoms with Crippen LogP contribution < -0.4 is 0 Å². The van der Waals surface area contributed by atoms with E-state index in [4.69, 9.17) is 15.4 Å². The number of amides is 1. The fourth-order valence-electron chi connectivity index (χ4n) is 9.10. The average Bonchev–Trinajstić information content (AvgIpc) is 3.75. The largest absolute Gasteiger partial charge is 0.413 e. The average molecular weight is 740 g/mol. The number of aliphatic hydroxyl groups is 1. The molecule has 0 heterocycles. The van der Waals surface area contributed by atoms with E-state index in [0.717, 1.165) is 37.7 Å². The smallest absolute Gasteiger partial charge is 0.231 e. The van der Waals surface area contributed by atoms with Crippen LogP contribution in [-0.4, -0.2) is 63.9 Å². The van der Waals surface area contributed by atoms with Gasteiger partial charge in [-0.3, -0.25) is 4.79 Å². The van der Waals surface area contributed by atoms with Gasteiger partial charge in [0.1, 0.15) is 0 Å². The molecule has 0 unspecified atom stereocenters. The third kappa shape index (κ3) is 8.84. The summed E-state index contributed by atoms with van der Waals surface area (Å²) in [7, 11) is -3.98. The van der Waals surface area contributed by atoms with E-state index in [2.05, 4.69) is 99.8 Å². The number of nitrogens with zero attached hydrogens (tertiary/aromatic N) is 1. The number of hydrogen-bond donors (Lipinski definition) is 1. The van der Waals surface area contributed by atoms with Crippen LogP contribution in [-0.2, 0) is 13.6 Å². The second-order valence-electron chi connectivity index (χ2n) is 20.2. The van der Waals surface area contributed by atoms with E-state index in [1.54, 1.807) is 5.57 Å². The van der Waals surface area contributed by atoms with Gasteiger partial charge in [-0.15, -0.1) is 0 Å². The van der Waals surface area contributed by atoms with Crippen molar-refractivity contribution in [2.75, 3.05) is 13.1 Å². The molecule has 7 heteroatoms. The maximum atomic E-state index is 13.2. The van der Waals surface area contributed by atoms with Crippen molar-refractivity contribution in [1.29, 1.82) is 0 Å². The van der Waals surface area contributed by atoms with Gasteiger partial charge in [-0.05, 0) is 136 Å². The minimum Gasteiger partial charge on any atom is -0.413 e. The third-order valence-electron chi connectivity index (χ3n) is 14.8. The van der Waals surface area contributed by atoms with Crippen LogP contribution in [0.15, 0.2) is 47.6 Å². The Kier molecular flexibility index (Phi) is 12.9. The summed E-state index contributed by atoms with van der Waals surface area (Å²) < 4.78 is 14.2. The number of fused-ring (bicyclic) bond motifs is 1. The molecule has 1 N–H and O–H groups in total. The molecule has 7 atom stereocenters. The molecule has 0 radical (unpaired) electrons. The molecule has 0 saturated heterocycles. The maximum Gasteiger partial charge on any atom is 0.231 e. The highest BCUT2D eigenvalue weighted by molar-refractivity contribution is 6.74. The Morgan fingerprint density at radius 1 is 0.961 bits per heavy atom. The maximum absolute atomic E-state index is 13.2. The van der Waals surface area contributed by atoms with Crippen LogP contribution in [0.4, 0.5) is 0 Å². The molecule has 4 rings (SSSR count). The van der Waals surface area contributed by atoms with E-state index >= 15 is 0 Å². The number of rotatable bonds is 12. The summed E-state index contributed by atoms with van der Waals surface area (Å²) >= 11 is 0. The van der Waals surface area contributed by atoms with Gasteiger partial charge in [-0.25, -0.2) is 0 Å². The minimum atomic E-state index is -2.01. The predicted octanol–water partition coefficient (Wildman–Crippen LogP) is 11.4. The van der Waals surface area contributed by atoms with Crippen molar-refractivity contribution < 1.29 is 18.8 Å². The number of allylic oxidation sites excluding steroid dienone is 4. The molecule has 0 aromatic rings. The molecule has 5 nitrogen and oxygen atoms in total. The zero-order chi connectivity index (χ0) is 38.4. The highest BCUT2D eigenvalue weighted by Crippen LogP contribution is 2.60. The lowest BCUT2D eigenvalue weighted by Crippen LogP contribution is -2.49. The molecular formula is C44H77NO4Si2. The Hall–Kier alpha value is -1.26. The summed E-state index contributed by atoms with van der Waals surface area (Å²) in [5.74, 6) is 1.61. The summed E-state index contributed by atoms with van der Waals surface area (Å²) in [6, 6.07) is 0. The summed E-state index contributed by atoms with van der Waals surface area (Å²) in [5, 5.41) is 11.5. The second kappa shape index (κ2) is 15.5. The van der Waals surface area contributed by atoms with Crippen LogP contribution in [0, 0.1) is 28.6 Å². The second-order valence-corrected chi connectivity index (χ2v) is 29.7. The van der Waals surface area contributed by atoms with Crippen LogP contribution >= 0.6 is 0 Å². The van der Waals surface area contributed by atoms with Crippen molar-refractivity contribution in [3.8, 4) is 0 Å². The summed E-state index contributed by atoms with van der Waals surface area (Å²) in [4.78, 5) is 15.1. The van der Waals surface area contributed by atoms with Crippen molar-refractivity contribution in [3.63, 3.8) is 0 Å². The van der Waals surface area contributed by atoms with Gasteiger partial charge in [-0.2, -0.15) is 0 Å². The Morgan fingerprint density at radius 2 is 1.55 bits per heavy atom. The van der Waals surface area contributed by atoms with E-state index in [-0.39, 0.29) is 33.6 Å². The van der Waals surface area contributed by atoms with Gasteiger partial charge >= 0.3 is 0 Å². The van der Waals surface area contributed by atoms with E-state index in [0.29, 0.717) is 30.8 Å². The summed E-state index contributed by atoms with van der Waals surface area (Å²) in [6.45, 7) is 38.4. The molecule has 0 aromatic carbocycles. The molecule has 0 aromatic heterocycles. The lowest BCUT2D eigenvalue weighted by atomic mass is 9.61. The van der Waals surface area contributed by atoms with Gasteiger partial charge in [0.2, 0.25) is 5.91 Å². The van der Waals surface area contributed by atoms with Crippen LogP contribution in [0.2, 0.25) is 36.3 Å². The normalized spacial score (nSPS) is 31.6. The highest BCUT2D eigenvalue weighted by atomic mass is 28.4. The predicted molar refractivity (Wildman–Crippen MR) is 221 cm³/mol. The molecular weight excluding hydrogens is 663 g/mol. The van der Waals surface area contributed by atoms with Crippen LogP contribution in [0.25, 0.3) is 0 Å². The first-order valence-corrected chi connectivity index (χ1v) is 26.4. The van der Waals surface area contributed by atoms with Crippen molar-refractivity contribution >= 4 is 22.5 Å². The zero-order valence-electron chi connectivity index (χ0n) is 35.4. The number of carbonyl (C=O) groups is 1. The monoisotopic (exact) mass is 740 g/mol. The fraction of sp³-hybridized carbons (Fsp3) is 0.795. The van der Waals surface area contributed by atoms with E-state index < -0.39 is 28.2 Å². The van der Waals surface area contributed by atoms with E-state index in [1.807, 2.05) is 24.8 Å². The Bertz CT molecular complexity index is 1360. The first-order chi connectivity index (χ1) is 23.4. The molecule has 4 aliphatic rings. The first kappa shape index (κ1) is 42.5. The minimum absolute atomic E-state index is 0.00776. The van der Waals surface area contributed by atoms with Crippen LogP contribution in [0.3, 0.4) is 0 Å². The molecule has 1 amide bonds. The third-order valence-corrected chi connectivity index (χ3v) is 23.9. The van der Waals surface area contributed by atoms with Gasteiger partial charge < -0.3 is 18.9 Å². The van der Waals surface area contributed by atoms with Crippen molar-refractivity contribution in [2.24, 2.45) is 28.6 Å². The van der Waals surface area contributed by atoms with Gasteiger partial charge in [0.25, 0.3) is 0 Å². The van der Waals surface area contributed by atoms with Crippen molar-refractivity contribution in [2.45, 2.75) is 182 Å². The lowest BCUT2D eigenvalue weighted by Gasteiger charge is -2.45. The topological polar surface area (TPSA) is 59.0 Å². The molecule has 0 aliphatic heterocycles. The van der Waals surface area contributed by atoms with Gasteiger partial charge in [0.05, 0.1) is 23.7 Å². The quantitative estimate of drug-likeness (QED) is 0.160. The van der Waals surface area contributed by atoms with Gasteiger partial charge in [-0.1, -0.05) is 91.8 Å². The Balaban J connectivity index is 1.55. The van der Waals surface area contributed by atoms with Crippen LogP contribution in [0.5, 0.6) is 0 Å². The SMILES string of the molecule is C=C1C(=CC=C2CCC[C@]3(C)[C@@H]([C@H](C)C=C[C@@H](O)C4(C(=O)N(CC)CC)CC4)CC[C@@H]23)C[C@@H](O[Si](C)(C)C(C)(C)C)C[C@@H]1O[Si](C)(C)C(C)(C)C. The van der Waals surface area contributed by atoms with Crippen LogP contribution in [0.1, 0.15) is 127 Å². The first-order valence-electron chi connectivity index (χ1n) is 20.5. The van der Waals surface area contributed by atoms with Gasteiger partial charge in [0, 0.05) is 19.5 Å². The molecule has 0 bridgehead atoms. The zero-order valence-corrected chi connectivity index (χ0v) is 37.4. The fourth-order valence-corrected chi connectivity index (χ4v) is 11.8. The van der Waals surface area contributed by atoms with Crippen molar-refractivity contribution in [3.05, 3.63) is 47.6 Å². The molecule has 4 aliphatic carbocycles. The highest BCUT2D eigenvalue weighted by Gasteiger charge is 2.56. The molecule has 0 spiro atoms. The van der Waals surface area contributed by atoms with Gasteiger partial charge in [0.15, 0.2) is 16.6 Å². The lowest BCUT2D eigenvalue weighted by molar-refractivity contribution is -0.139. The molecule has 4 fully saturated rings. The summed E-state index contributed by atoms with van der Waals surface area (Å²) in [5.41, 5.74) is 3.68. The number of carbonyl (C=O) groups excluding carboxylic acids is 1. The van der Waals surface area contributed by atoms with E-state index in [1.165, 1.54) is 31.3 Å². The number of aliphatic hydroxyl groups excluding tert-OH is 1. The molecule has 51 heavy (non-hydrogen) atoms.